The first-order chi connectivity index (χ1) is 13.3. The number of fused-ring (bicyclic) bond motifs is 1. The molecule has 0 radical (unpaired) electrons. The first kappa shape index (κ1) is 17.2. The number of nitrogens with zero attached hydrogens (tertiary/aromatic N) is 4. The topological polar surface area (TPSA) is 70.8 Å². The number of hydrogen-bond donors (Lipinski definition) is 1. The summed E-state index contributed by atoms with van der Waals surface area (Å²) in [5.41, 5.74) is 1.12. The third kappa shape index (κ3) is 3.25. The lowest BCUT2D eigenvalue weighted by Crippen LogP contribution is -2.42. The van der Waals surface area contributed by atoms with Gasteiger partial charge in [0.15, 0.2) is 0 Å². The van der Waals surface area contributed by atoms with Crippen LogP contribution in [0.1, 0.15) is 37.5 Å². The van der Waals surface area contributed by atoms with Crippen LogP contribution in [0.15, 0.2) is 22.9 Å². The van der Waals surface area contributed by atoms with E-state index < -0.39 is 0 Å². The highest BCUT2D eigenvalue weighted by atomic mass is 32.2. The normalized spacial score (nSPS) is 20.5. The molecule has 6 nitrogen and oxygen atoms in total. The molecule has 0 spiro atoms. The van der Waals surface area contributed by atoms with Gasteiger partial charge in [0.2, 0.25) is 11.7 Å². The van der Waals surface area contributed by atoms with Crippen molar-refractivity contribution < 1.29 is 8.91 Å². The molecule has 0 saturated carbocycles. The zero-order valence-corrected chi connectivity index (χ0v) is 15.8. The summed E-state index contributed by atoms with van der Waals surface area (Å²) >= 11 is 2.07. The van der Waals surface area contributed by atoms with Crippen LogP contribution < -0.4 is 0 Å². The maximum absolute atomic E-state index is 14.4. The highest BCUT2D eigenvalue weighted by molar-refractivity contribution is 7.99. The minimum absolute atomic E-state index is 0.257. The Bertz CT molecular complexity index is 927. The summed E-state index contributed by atoms with van der Waals surface area (Å²) in [6.45, 7) is 2.15. The molecule has 0 amide bonds. The number of likely N-dealkylation sites (tertiary alicyclic amines) is 1. The Hall–Kier alpha value is -1.93. The fraction of sp³-hybridized carbons (Fsp3) is 0.526. The van der Waals surface area contributed by atoms with Crippen molar-refractivity contribution in [1.82, 2.24) is 25.2 Å². The molecule has 3 aromatic rings. The van der Waals surface area contributed by atoms with Gasteiger partial charge in [-0.15, -0.1) is 0 Å². The van der Waals surface area contributed by atoms with E-state index in [-0.39, 0.29) is 11.7 Å². The summed E-state index contributed by atoms with van der Waals surface area (Å²) in [6, 6.07) is 3.81. The Kier molecular flexibility index (Phi) is 4.61. The molecular weight excluding hydrogens is 365 g/mol. The fourth-order valence-corrected chi connectivity index (χ4v) is 5.36. The second kappa shape index (κ2) is 7.24. The molecular formula is C19H22FN5OS. The maximum atomic E-state index is 14.4. The van der Waals surface area contributed by atoms with E-state index in [0.29, 0.717) is 22.7 Å². The average Bonchev–Trinajstić information content (AvgIpc) is 3.38. The first-order valence-corrected chi connectivity index (χ1v) is 10.7. The molecule has 1 N–H and O–H groups in total. The zero-order valence-electron chi connectivity index (χ0n) is 15.0. The Morgan fingerprint density at radius 1 is 1.15 bits per heavy atom. The van der Waals surface area contributed by atoms with Gasteiger partial charge in [0.05, 0.1) is 17.3 Å². The molecule has 1 aromatic carbocycles. The Morgan fingerprint density at radius 3 is 2.78 bits per heavy atom. The summed E-state index contributed by atoms with van der Waals surface area (Å²) in [6.07, 6.45) is 6.24. The Labute approximate surface area is 160 Å². The third-order valence-corrected chi connectivity index (χ3v) is 6.87. The predicted octanol–water partition coefficient (Wildman–Crippen LogP) is 3.83. The molecule has 2 saturated heterocycles. The van der Waals surface area contributed by atoms with E-state index in [9.17, 15) is 4.39 Å². The van der Waals surface area contributed by atoms with E-state index in [0.717, 1.165) is 37.5 Å². The summed E-state index contributed by atoms with van der Waals surface area (Å²) in [5.74, 6) is 3.39. The van der Waals surface area contributed by atoms with E-state index in [1.165, 1.54) is 30.4 Å². The summed E-state index contributed by atoms with van der Waals surface area (Å²) in [7, 11) is 0. The summed E-state index contributed by atoms with van der Waals surface area (Å²) in [4.78, 5) is 7.18. The van der Waals surface area contributed by atoms with Gasteiger partial charge < -0.3 is 9.42 Å². The average molecular weight is 387 g/mol. The van der Waals surface area contributed by atoms with Gasteiger partial charge in [-0.1, -0.05) is 5.16 Å². The number of H-pyrrole nitrogens is 1. The lowest BCUT2D eigenvalue weighted by Gasteiger charge is -2.38. The van der Waals surface area contributed by atoms with E-state index >= 15 is 0 Å². The van der Waals surface area contributed by atoms with Crippen LogP contribution in [0.5, 0.6) is 0 Å². The van der Waals surface area contributed by atoms with Crippen LogP contribution in [0.25, 0.3) is 22.3 Å². The van der Waals surface area contributed by atoms with Gasteiger partial charge in [-0.3, -0.25) is 5.10 Å². The molecule has 2 aliphatic rings. The number of halogens is 1. The molecule has 4 heterocycles. The monoisotopic (exact) mass is 387 g/mol. The van der Waals surface area contributed by atoms with Crippen molar-refractivity contribution in [3.63, 3.8) is 0 Å². The van der Waals surface area contributed by atoms with Crippen molar-refractivity contribution in [2.45, 2.75) is 37.6 Å². The minimum atomic E-state index is -0.360. The van der Waals surface area contributed by atoms with Gasteiger partial charge >= 0.3 is 0 Å². The second-order valence-corrected chi connectivity index (χ2v) is 8.59. The number of aromatic amines is 1. The third-order valence-electron chi connectivity index (χ3n) is 5.82. The number of piperidine rings is 1. The highest BCUT2D eigenvalue weighted by Crippen LogP contribution is 2.33. The molecule has 27 heavy (non-hydrogen) atoms. The number of hydrogen-bond acceptors (Lipinski definition) is 6. The van der Waals surface area contributed by atoms with Crippen molar-refractivity contribution in [3.05, 3.63) is 30.0 Å². The number of rotatable bonds is 3. The molecule has 5 rings (SSSR count). The van der Waals surface area contributed by atoms with Gasteiger partial charge in [0.1, 0.15) is 5.82 Å². The second-order valence-electron chi connectivity index (χ2n) is 7.36. The van der Waals surface area contributed by atoms with Crippen LogP contribution in [0.2, 0.25) is 0 Å². The van der Waals surface area contributed by atoms with Crippen molar-refractivity contribution >= 4 is 22.7 Å². The maximum Gasteiger partial charge on any atom is 0.230 e. The van der Waals surface area contributed by atoms with Crippen molar-refractivity contribution in [1.29, 1.82) is 0 Å². The van der Waals surface area contributed by atoms with E-state index in [2.05, 4.69) is 37.0 Å². The van der Waals surface area contributed by atoms with Crippen LogP contribution >= 0.6 is 11.8 Å². The molecule has 142 valence electrons. The molecule has 2 aliphatic heterocycles. The lowest BCUT2D eigenvalue weighted by atomic mass is 9.94. The standard InChI is InChI=1S/C19H22FN5OS/c20-15-1-2-16-14(11-21-23-16)17(15)18-22-19(26-24-18)12-3-7-25(8-4-12)13-5-9-27-10-6-13/h1-2,11-13H,3-10H2,(H,21,23). The van der Waals surface area contributed by atoms with E-state index in [1.54, 1.807) is 12.3 Å². The Morgan fingerprint density at radius 2 is 1.96 bits per heavy atom. The lowest BCUT2D eigenvalue weighted by molar-refractivity contribution is 0.135. The minimum Gasteiger partial charge on any atom is -0.339 e. The van der Waals surface area contributed by atoms with Crippen LogP contribution in [-0.4, -0.2) is 55.9 Å². The molecule has 8 heteroatoms. The van der Waals surface area contributed by atoms with Gasteiger partial charge in [-0.25, -0.2) is 4.39 Å². The van der Waals surface area contributed by atoms with Gasteiger partial charge in [0.25, 0.3) is 0 Å². The van der Waals surface area contributed by atoms with Gasteiger partial charge in [-0.2, -0.15) is 21.8 Å². The van der Waals surface area contributed by atoms with Gasteiger partial charge in [0, 0.05) is 17.3 Å². The number of thioether (sulfide) groups is 1. The van der Waals surface area contributed by atoms with Crippen molar-refractivity contribution in [3.8, 4) is 11.4 Å². The first-order valence-electron chi connectivity index (χ1n) is 9.57. The van der Waals surface area contributed by atoms with Gasteiger partial charge in [-0.05, 0) is 62.4 Å². The highest BCUT2D eigenvalue weighted by Gasteiger charge is 2.30. The smallest absolute Gasteiger partial charge is 0.230 e. The van der Waals surface area contributed by atoms with Crippen LogP contribution in [-0.2, 0) is 0 Å². The molecule has 2 aromatic heterocycles. The fourth-order valence-electron chi connectivity index (χ4n) is 4.28. The van der Waals surface area contributed by atoms with E-state index in [1.807, 2.05) is 0 Å². The summed E-state index contributed by atoms with van der Waals surface area (Å²) in [5, 5.41) is 11.6. The van der Waals surface area contributed by atoms with Crippen LogP contribution in [0.3, 0.4) is 0 Å². The van der Waals surface area contributed by atoms with Crippen LogP contribution in [0, 0.1) is 5.82 Å². The number of nitrogens with one attached hydrogen (secondary N) is 1. The largest absolute Gasteiger partial charge is 0.339 e. The predicted molar refractivity (Wildman–Crippen MR) is 103 cm³/mol. The van der Waals surface area contributed by atoms with Crippen molar-refractivity contribution in [2.75, 3.05) is 24.6 Å². The van der Waals surface area contributed by atoms with Crippen LogP contribution in [0.4, 0.5) is 4.39 Å². The summed E-state index contributed by atoms with van der Waals surface area (Å²) < 4.78 is 20.0. The Balaban J connectivity index is 1.33. The zero-order chi connectivity index (χ0) is 18.2. The molecule has 0 aliphatic carbocycles. The molecule has 0 bridgehead atoms. The molecule has 0 unspecified atom stereocenters. The molecule has 0 atom stereocenters. The number of aromatic nitrogens is 4. The number of benzene rings is 1. The van der Waals surface area contributed by atoms with E-state index in [4.69, 9.17) is 4.52 Å². The molecule has 2 fully saturated rings. The quantitative estimate of drug-likeness (QED) is 0.737. The SMILES string of the molecule is Fc1ccc2[nH]ncc2c1-c1noc(C2CCN(C3CCSCC3)CC2)n1. The van der Waals surface area contributed by atoms with Crippen molar-refractivity contribution in [2.24, 2.45) is 0 Å².